The second-order valence-electron chi connectivity index (χ2n) is 9.20. The monoisotopic (exact) mass is 513 g/mol. The van der Waals surface area contributed by atoms with Gasteiger partial charge in [0.2, 0.25) is 10.0 Å². The van der Waals surface area contributed by atoms with Crippen molar-refractivity contribution in [1.82, 2.24) is 9.55 Å². The smallest absolute Gasteiger partial charge is 0.330 e. The minimum absolute atomic E-state index is 0.00197. The number of rotatable bonds is 12. The van der Waals surface area contributed by atoms with E-state index in [1.54, 1.807) is 18.2 Å². The van der Waals surface area contributed by atoms with Gasteiger partial charge in [0.05, 0.1) is 13.2 Å². The number of nitrogens with two attached hydrogens (primary N) is 1. The summed E-state index contributed by atoms with van der Waals surface area (Å²) in [6, 6.07) is 17.6. The van der Waals surface area contributed by atoms with Gasteiger partial charge >= 0.3 is 5.69 Å². The molecule has 0 amide bonds. The van der Waals surface area contributed by atoms with Crippen LogP contribution in [0.1, 0.15) is 36.8 Å². The molecule has 1 atom stereocenters. The predicted molar refractivity (Wildman–Crippen MR) is 136 cm³/mol. The first-order chi connectivity index (χ1) is 17.3. The zero-order valence-electron chi connectivity index (χ0n) is 20.0. The van der Waals surface area contributed by atoms with Crippen LogP contribution in [-0.2, 0) is 32.7 Å². The van der Waals surface area contributed by atoms with E-state index in [9.17, 15) is 18.0 Å². The molecule has 0 bridgehead atoms. The molecule has 36 heavy (non-hydrogen) atoms. The molecular formula is C26H31N3O6S. The molecule has 1 heterocycles. The van der Waals surface area contributed by atoms with Crippen molar-refractivity contribution in [2.75, 3.05) is 13.2 Å². The first-order valence-electron chi connectivity index (χ1n) is 11.9. The van der Waals surface area contributed by atoms with E-state index < -0.39 is 26.0 Å². The lowest BCUT2D eigenvalue weighted by Gasteiger charge is -2.33. The summed E-state index contributed by atoms with van der Waals surface area (Å²) >= 11 is 0. The molecule has 0 aliphatic heterocycles. The number of aromatic nitrogens is 2. The molecule has 192 valence electrons. The lowest BCUT2D eigenvalue weighted by Crippen LogP contribution is -2.44. The van der Waals surface area contributed by atoms with Crippen molar-refractivity contribution in [3.8, 4) is 5.75 Å². The van der Waals surface area contributed by atoms with E-state index in [2.05, 4.69) is 4.98 Å². The van der Waals surface area contributed by atoms with E-state index >= 15 is 0 Å². The van der Waals surface area contributed by atoms with Crippen molar-refractivity contribution in [3.05, 3.63) is 98.8 Å². The maximum atomic E-state index is 13.2. The van der Waals surface area contributed by atoms with E-state index in [1.165, 1.54) is 23.3 Å². The maximum Gasteiger partial charge on any atom is 0.330 e. The molecule has 1 unspecified atom stereocenters. The van der Waals surface area contributed by atoms with Crippen molar-refractivity contribution in [3.63, 3.8) is 0 Å². The first-order valence-corrected chi connectivity index (χ1v) is 13.5. The Labute approximate surface area is 209 Å². The Kier molecular flexibility index (Phi) is 8.07. The number of hydrogen-bond acceptors (Lipinski definition) is 6. The van der Waals surface area contributed by atoms with Crippen molar-refractivity contribution >= 4 is 10.0 Å². The number of hydrogen-bond donors (Lipinski definition) is 2. The molecule has 0 saturated heterocycles. The van der Waals surface area contributed by atoms with Gasteiger partial charge in [-0.25, -0.2) is 18.4 Å². The highest BCUT2D eigenvalue weighted by Crippen LogP contribution is 2.38. The minimum atomic E-state index is -4.13. The van der Waals surface area contributed by atoms with Gasteiger partial charge in [-0.05, 0) is 54.9 Å². The number of nitrogens with one attached hydrogen (secondary N) is 1. The van der Waals surface area contributed by atoms with Gasteiger partial charge in [-0.1, -0.05) is 48.9 Å². The number of sulfonamides is 1. The fourth-order valence-electron chi connectivity index (χ4n) is 4.36. The molecule has 1 fully saturated rings. The van der Waals surface area contributed by atoms with Crippen LogP contribution < -0.4 is 21.1 Å². The molecule has 1 aliphatic rings. The molecule has 4 rings (SSSR count). The van der Waals surface area contributed by atoms with E-state index in [-0.39, 0.29) is 26.2 Å². The van der Waals surface area contributed by atoms with Crippen LogP contribution in [-0.4, -0.2) is 31.2 Å². The molecular weight excluding hydrogens is 482 g/mol. The summed E-state index contributed by atoms with van der Waals surface area (Å²) < 4.78 is 37.8. The van der Waals surface area contributed by atoms with Crippen molar-refractivity contribution in [1.29, 1.82) is 0 Å². The number of H-pyrrole nitrogens is 1. The number of nitrogens with zero attached hydrogens (tertiary/aromatic N) is 1. The highest BCUT2D eigenvalue weighted by molar-refractivity contribution is 7.90. The molecule has 3 aromatic rings. The van der Waals surface area contributed by atoms with E-state index in [1.807, 2.05) is 36.4 Å². The molecule has 0 radical (unpaired) electrons. The SMILES string of the molecule is NS(=O)(=O)C(CCOCn1ccc(=O)[nH]c1=O)(Cc1ccccc1)c1cccc(OCC2CCC2)c1. The van der Waals surface area contributed by atoms with Gasteiger partial charge in [0.1, 0.15) is 17.2 Å². The largest absolute Gasteiger partial charge is 0.493 e. The highest BCUT2D eigenvalue weighted by atomic mass is 32.2. The van der Waals surface area contributed by atoms with E-state index in [0.29, 0.717) is 23.8 Å². The summed E-state index contributed by atoms with van der Waals surface area (Å²) in [5, 5.41) is 5.91. The van der Waals surface area contributed by atoms with Gasteiger partial charge in [0.25, 0.3) is 5.56 Å². The molecule has 10 heteroatoms. The van der Waals surface area contributed by atoms with Crippen LogP contribution in [0.3, 0.4) is 0 Å². The van der Waals surface area contributed by atoms with Crippen LogP contribution in [0.2, 0.25) is 0 Å². The maximum absolute atomic E-state index is 13.2. The molecule has 1 aromatic heterocycles. The molecule has 0 spiro atoms. The van der Waals surface area contributed by atoms with Crippen molar-refractivity contribution < 1.29 is 17.9 Å². The molecule has 1 saturated carbocycles. The zero-order chi connectivity index (χ0) is 25.6. The van der Waals surface area contributed by atoms with Crippen LogP contribution in [0.4, 0.5) is 0 Å². The third-order valence-corrected chi connectivity index (χ3v) is 8.40. The Morgan fingerprint density at radius 1 is 1.06 bits per heavy atom. The lowest BCUT2D eigenvalue weighted by atomic mass is 9.86. The van der Waals surface area contributed by atoms with Crippen LogP contribution in [0.25, 0.3) is 0 Å². The molecule has 3 N–H and O–H groups in total. The molecule has 9 nitrogen and oxygen atoms in total. The summed E-state index contributed by atoms with van der Waals surface area (Å²) in [5.41, 5.74) is 0.210. The Morgan fingerprint density at radius 2 is 1.83 bits per heavy atom. The number of aromatic amines is 1. The summed E-state index contributed by atoms with van der Waals surface area (Å²) in [5.74, 6) is 1.13. The second-order valence-corrected chi connectivity index (χ2v) is 11.1. The summed E-state index contributed by atoms with van der Waals surface area (Å²) in [4.78, 5) is 25.4. The molecule has 2 aromatic carbocycles. The van der Waals surface area contributed by atoms with Gasteiger partial charge in [-0.15, -0.1) is 0 Å². The standard InChI is InChI=1S/C26H31N3O6S/c27-36(32,33)26(17-20-6-2-1-3-7-20,13-15-34-19-29-14-12-24(30)28-25(29)31)22-10-5-11-23(16-22)35-18-21-8-4-9-21/h1-3,5-7,10-12,14,16,21H,4,8-9,13,15,17-19H2,(H2,27,32,33)(H,28,30,31). The normalized spacial score (nSPS) is 15.7. The number of benzene rings is 2. The van der Waals surface area contributed by atoms with Crippen molar-refractivity contribution in [2.45, 2.75) is 43.6 Å². The third-order valence-electron chi connectivity index (χ3n) is 6.73. The van der Waals surface area contributed by atoms with Gasteiger partial charge in [0.15, 0.2) is 0 Å². The fourth-order valence-corrected chi connectivity index (χ4v) is 5.55. The van der Waals surface area contributed by atoms with Gasteiger partial charge < -0.3 is 9.47 Å². The Morgan fingerprint density at radius 3 is 2.50 bits per heavy atom. The fraction of sp³-hybridized carbons (Fsp3) is 0.385. The number of primary sulfonamides is 1. The third kappa shape index (κ3) is 6.13. The first kappa shape index (κ1) is 25.9. The minimum Gasteiger partial charge on any atom is -0.493 e. The van der Waals surface area contributed by atoms with E-state index in [4.69, 9.17) is 14.6 Å². The van der Waals surface area contributed by atoms with Gasteiger partial charge in [0, 0.05) is 12.3 Å². The highest BCUT2D eigenvalue weighted by Gasteiger charge is 2.43. The molecule has 1 aliphatic carbocycles. The lowest BCUT2D eigenvalue weighted by molar-refractivity contribution is 0.0655. The topological polar surface area (TPSA) is 133 Å². The summed E-state index contributed by atoms with van der Waals surface area (Å²) in [6.07, 6.45) is 5.01. The number of ether oxygens (including phenoxy) is 2. The zero-order valence-corrected chi connectivity index (χ0v) is 20.8. The summed E-state index contributed by atoms with van der Waals surface area (Å²) in [7, 11) is -4.13. The van der Waals surface area contributed by atoms with Crippen LogP contribution in [0.15, 0.2) is 76.4 Å². The Bertz CT molecular complexity index is 1380. The van der Waals surface area contributed by atoms with Crippen LogP contribution >= 0.6 is 0 Å². The average Bonchev–Trinajstić information content (AvgIpc) is 2.81. The quantitative estimate of drug-likeness (QED) is 0.358. The van der Waals surface area contributed by atoms with Crippen LogP contribution in [0, 0.1) is 5.92 Å². The van der Waals surface area contributed by atoms with E-state index in [0.717, 1.165) is 18.4 Å². The Balaban J connectivity index is 1.60. The average molecular weight is 514 g/mol. The van der Waals surface area contributed by atoms with Crippen molar-refractivity contribution in [2.24, 2.45) is 11.1 Å². The van der Waals surface area contributed by atoms with Crippen LogP contribution in [0.5, 0.6) is 5.75 Å². The Hall–Kier alpha value is -3.21. The predicted octanol–water partition coefficient (Wildman–Crippen LogP) is 2.51. The summed E-state index contributed by atoms with van der Waals surface area (Å²) in [6.45, 7) is 0.454. The second kappa shape index (κ2) is 11.2. The van der Waals surface area contributed by atoms with Gasteiger partial charge in [-0.2, -0.15) is 0 Å². The van der Waals surface area contributed by atoms with Gasteiger partial charge in [-0.3, -0.25) is 14.3 Å².